The molecule has 0 bridgehead atoms. The second-order valence-corrected chi connectivity index (χ2v) is 9.57. The van der Waals surface area contributed by atoms with Crippen molar-refractivity contribution in [2.24, 2.45) is 23.2 Å². The quantitative estimate of drug-likeness (QED) is 0.530. The van der Waals surface area contributed by atoms with Crippen molar-refractivity contribution in [1.82, 2.24) is 5.16 Å². The first kappa shape index (κ1) is 15.4. The lowest BCUT2D eigenvalue weighted by atomic mass is 9.48. The lowest BCUT2D eigenvalue weighted by molar-refractivity contribution is -0.0215. The number of H-pyrrole nitrogens is 1. The van der Waals surface area contributed by atoms with Gasteiger partial charge in [-0.05, 0) is 68.1 Å². The summed E-state index contributed by atoms with van der Waals surface area (Å²) in [5, 5.41) is 13.0. The molecule has 24 heavy (non-hydrogen) atoms. The number of hydrogen-bond acceptors (Lipinski definition) is 3. The van der Waals surface area contributed by atoms with Gasteiger partial charge in [0, 0.05) is 11.0 Å². The second-order valence-electron chi connectivity index (χ2n) is 9.16. The monoisotopic (exact) mass is 345 g/mol. The lowest BCUT2D eigenvalue weighted by Gasteiger charge is -2.56. The van der Waals surface area contributed by atoms with E-state index in [4.69, 9.17) is 16.7 Å². The Kier molecular flexibility index (Phi) is 3.11. The number of aliphatic hydroxyl groups excluding tert-OH is 1. The number of nitrogens with one attached hydrogen (secondary N) is 1. The maximum atomic E-state index is 10.1. The third-order valence-electron chi connectivity index (χ3n) is 8.20. The van der Waals surface area contributed by atoms with Crippen LogP contribution < -0.4 is 0 Å². The minimum atomic E-state index is -0.122. The van der Waals surface area contributed by atoms with Gasteiger partial charge >= 0.3 is 0 Å². The predicted octanol–water partition coefficient (Wildman–Crippen LogP) is 4.67. The molecule has 2 fully saturated rings. The highest BCUT2D eigenvalue weighted by molar-refractivity contribution is 7.71. The molecule has 0 aromatic carbocycles. The van der Waals surface area contributed by atoms with E-state index in [9.17, 15) is 5.11 Å². The molecule has 0 saturated heterocycles. The van der Waals surface area contributed by atoms with E-state index in [1.807, 2.05) is 0 Å². The van der Waals surface area contributed by atoms with E-state index in [2.05, 4.69) is 25.1 Å². The average molecular weight is 346 g/mol. The van der Waals surface area contributed by atoms with Crippen LogP contribution in [0.2, 0.25) is 0 Å². The van der Waals surface area contributed by atoms with Crippen LogP contribution in [0.4, 0.5) is 0 Å². The fraction of sp³-hybridized carbons (Fsp3) is 0.750. The summed E-state index contributed by atoms with van der Waals surface area (Å²) >= 11 is 5.47. The van der Waals surface area contributed by atoms with Crippen LogP contribution in [0, 0.1) is 27.8 Å². The van der Waals surface area contributed by atoms with Gasteiger partial charge in [-0.15, -0.1) is 0 Å². The molecular formula is C20H27NO2S. The van der Waals surface area contributed by atoms with Crippen LogP contribution in [-0.4, -0.2) is 16.4 Å². The van der Waals surface area contributed by atoms with Gasteiger partial charge < -0.3 is 9.63 Å². The Morgan fingerprint density at radius 3 is 2.79 bits per heavy atom. The zero-order chi connectivity index (χ0) is 16.7. The summed E-state index contributed by atoms with van der Waals surface area (Å²) in [5.41, 5.74) is 3.27. The molecule has 2 N–H and O–H groups in total. The van der Waals surface area contributed by atoms with Crippen molar-refractivity contribution in [3.63, 3.8) is 0 Å². The molecule has 0 radical (unpaired) electrons. The van der Waals surface area contributed by atoms with Gasteiger partial charge in [0.25, 0.3) is 0 Å². The van der Waals surface area contributed by atoms with Crippen molar-refractivity contribution in [1.29, 1.82) is 0 Å². The fourth-order valence-corrected chi connectivity index (χ4v) is 7.03. The maximum Gasteiger partial charge on any atom is 0.144 e. The van der Waals surface area contributed by atoms with Gasteiger partial charge in [-0.1, -0.05) is 37.7 Å². The van der Waals surface area contributed by atoms with E-state index < -0.39 is 0 Å². The molecule has 0 unspecified atom stereocenters. The summed E-state index contributed by atoms with van der Waals surface area (Å²) in [6, 6.07) is 0. The van der Waals surface area contributed by atoms with Gasteiger partial charge in [-0.3, -0.25) is 0 Å². The Morgan fingerprint density at radius 2 is 1.96 bits per heavy atom. The highest BCUT2D eigenvalue weighted by atomic mass is 32.1. The Balaban J connectivity index is 1.55. The van der Waals surface area contributed by atoms with E-state index in [0.29, 0.717) is 11.3 Å². The first-order valence-corrected chi connectivity index (χ1v) is 9.93. The van der Waals surface area contributed by atoms with E-state index in [0.717, 1.165) is 47.9 Å². The van der Waals surface area contributed by atoms with Crippen molar-refractivity contribution in [2.75, 3.05) is 0 Å². The number of aromatic nitrogens is 1. The van der Waals surface area contributed by atoms with Crippen LogP contribution in [0.1, 0.15) is 63.7 Å². The number of allylic oxidation sites excluding steroid dienone is 1. The van der Waals surface area contributed by atoms with Gasteiger partial charge in [0.15, 0.2) is 0 Å². The average Bonchev–Trinajstić information content (AvgIpc) is 3.06. The smallest absolute Gasteiger partial charge is 0.144 e. The molecule has 5 rings (SSSR count). The van der Waals surface area contributed by atoms with E-state index in [-0.39, 0.29) is 11.5 Å². The van der Waals surface area contributed by atoms with E-state index in [1.165, 1.54) is 30.4 Å². The van der Waals surface area contributed by atoms with Crippen molar-refractivity contribution >= 4 is 12.2 Å². The molecule has 0 amide bonds. The van der Waals surface area contributed by atoms with Crippen LogP contribution in [0.25, 0.3) is 0 Å². The summed E-state index contributed by atoms with van der Waals surface area (Å²) < 4.78 is 6.64. The molecule has 1 aromatic heterocycles. The summed E-state index contributed by atoms with van der Waals surface area (Å²) in [5.74, 6) is 3.28. The SMILES string of the molecule is C[C@]12CC[C@H](O)CC1=CC[C@@H]1[C@@H]2CC[C@]2(C)c3o[nH]c(=S)c3C[C@@H]12. The topological polar surface area (TPSA) is 49.2 Å². The second kappa shape index (κ2) is 4.85. The Bertz CT molecular complexity index is 777. The van der Waals surface area contributed by atoms with Crippen molar-refractivity contribution in [2.45, 2.75) is 70.3 Å². The highest BCUT2D eigenvalue weighted by Crippen LogP contribution is 2.64. The summed E-state index contributed by atoms with van der Waals surface area (Å²) in [6.07, 6.45) is 10.1. The molecule has 0 spiro atoms. The minimum Gasteiger partial charge on any atom is -0.393 e. The zero-order valence-electron chi connectivity index (χ0n) is 14.6. The van der Waals surface area contributed by atoms with E-state index >= 15 is 0 Å². The Labute approximate surface area is 148 Å². The van der Waals surface area contributed by atoms with Crippen LogP contribution >= 0.6 is 12.2 Å². The van der Waals surface area contributed by atoms with Crippen molar-refractivity contribution < 1.29 is 9.63 Å². The van der Waals surface area contributed by atoms with Crippen LogP contribution in [0.15, 0.2) is 16.2 Å². The first-order valence-electron chi connectivity index (χ1n) is 9.52. The maximum absolute atomic E-state index is 10.1. The molecule has 4 heteroatoms. The van der Waals surface area contributed by atoms with Gasteiger partial charge in [-0.25, -0.2) is 5.16 Å². The molecule has 130 valence electrons. The fourth-order valence-electron chi connectivity index (χ4n) is 6.81. The summed E-state index contributed by atoms with van der Waals surface area (Å²) in [7, 11) is 0. The predicted molar refractivity (Wildman–Crippen MR) is 95.3 cm³/mol. The number of rotatable bonds is 0. The zero-order valence-corrected chi connectivity index (χ0v) is 15.4. The van der Waals surface area contributed by atoms with Gasteiger partial charge in [0.05, 0.1) is 6.10 Å². The van der Waals surface area contributed by atoms with Crippen LogP contribution in [0.3, 0.4) is 0 Å². The molecule has 4 aliphatic rings. The molecule has 4 aliphatic carbocycles. The molecule has 0 aliphatic heterocycles. The molecule has 1 heterocycles. The first-order chi connectivity index (χ1) is 11.4. The summed E-state index contributed by atoms with van der Waals surface area (Å²) in [6.45, 7) is 4.88. The van der Waals surface area contributed by atoms with Gasteiger partial charge in [0.1, 0.15) is 10.4 Å². The number of aromatic amines is 1. The number of aliphatic hydroxyl groups is 1. The Morgan fingerprint density at radius 1 is 1.17 bits per heavy atom. The normalized spacial score (nSPS) is 46.5. The lowest BCUT2D eigenvalue weighted by Crippen LogP contribution is -2.51. The molecular weight excluding hydrogens is 318 g/mol. The van der Waals surface area contributed by atoms with Crippen molar-refractivity contribution in [3.05, 3.63) is 27.6 Å². The van der Waals surface area contributed by atoms with Crippen LogP contribution in [-0.2, 0) is 11.8 Å². The third-order valence-corrected chi connectivity index (χ3v) is 8.53. The molecule has 2 saturated carbocycles. The van der Waals surface area contributed by atoms with Crippen LogP contribution in [0.5, 0.6) is 0 Å². The number of fused-ring (bicyclic) bond motifs is 7. The molecule has 6 atom stereocenters. The van der Waals surface area contributed by atoms with Gasteiger partial charge in [-0.2, -0.15) is 0 Å². The van der Waals surface area contributed by atoms with E-state index in [1.54, 1.807) is 0 Å². The summed E-state index contributed by atoms with van der Waals surface area (Å²) in [4.78, 5) is 0. The van der Waals surface area contributed by atoms with Crippen molar-refractivity contribution in [3.8, 4) is 0 Å². The highest BCUT2D eigenvalue weighted by Gasteiger charge is 2.59. The largest absolute Gasteiger partial charge is 0.393 e. The standard InChI is InChI=1S/C20H27NO2S/c1-19-7-5-12(22)9-11(19)3-4-13-15(19)6-8-20(2)16(13)10-14-17(20)23-21-18(14)24/h3,12-13,15-16,22H,4-10H2,1-2H3,(H,21,24)/t12-,13+,15-,16-,19-,20-/m0/s1. The van der Waals surface area contributed by atoms with Gasteiger partial charge in [0.2, 0.25) is 0 Å². The Hall–Kier alpha value is -0.870. The molecule has 1 aromatic rings. The number of hydrogen-bond donors (Lipinski definition) is 2. The minimum absolute atomic E-state index is 0.122. The third kappa shape index (κ3) is 1.79. The molecule has 3 nitrogen and oxygen atoms in total.